The zero-order valence-electron chi connectivity index (χ0n) is 7.84. The summed E-state index contributed by atoms with van der Waals surface area (Å²) in [6.45, 7) is 0.650. The van der Waals surface area contributed by atoms with Crippen LogP contribution in [0.1, 0.15) is 6.42 Å². The second-order valence-electron chi connectivity index (χ2n) is 4.09. The Morgan fingerprint density at radius 2 is 2.27 bits per heavy atom. The number of rotatable bonds is 0. The van der Waals surface area contributed by atoms with Crippen LogP contribution in [0.2, 0.25) is 0 Å². The zero-order valence-corrected chi connectivity index (χ0v) is 8.66. The molecule has 3 amide bonds. The van der Waals surface area contributed by atoms with E-state index in [1.807, 2.05) is 4.90 Å². The molecule has 3 aliphatic rings. The fourth-order valence-corrected chi connectivity index (χ4v) is 3.06. The number of hydrogen-bond donors (Lipinski definition) is 2. The van der Waals surface area contributed by atoms with Gasteiger partial charge in [-0.25, -0.2) is 4.79 Å². The van der Waals surface area contributed by atoms with Crippen LogP contribution in [0.3, 0.4) is 0 Å². The van der Waals surface area contributed by atoms with Crippen molar-refractivity contribution in [1.82, 2.24) is 15.1 Å². The van der Waals surface area contributed by atoms with E-state index in [4.69, 9.17) is 18.0 Å². The van der Waals surface area contributed by atoms with Gasteiger partial charge in [0.1, 0.15) is 6.04 Å². The first-order valence-electron chi connectivity index (χ1n) is 4.79. The lowest BCUT2D eigenvalue weighted by atomic mass is 10.1. The van der Waals surface area contributed by atoms with Crippen LogP contribution in [-0.2, 0) is 4.79 Å². The molecule has 0 aliphatic carbocycles. The molecule has 0 aromatic rings. The number of piperazine rings is 1. The van der Waals surface area contributed by atoms with E-state index in [1.54, 1.807) is 4.90 Å². The van der Waals surface area contributed by atoms with E-state index in [-0.39, 0.29) is 24.0 Å². The van der Waals surface area contributed by atoms with Crippen molar-refractivity contribution in [1.29, 1.82) is 0 Å². The Hall–Kier alpha value is -1.37. The summed E-state index contributed by atoms with van der Waals surface area (Å²) in [5.41, 5.74) is 5.57. The van der Waals surface area contributed by atoms with Crippen LogP contribution >= 0.6 is 12.2 Å². The number of fused-ring (bicyclic) bond motifs is 5. The minimum absolute atomic E-state index is 0.0288. The second kappa shape index (κ2) is 2.60. The first kappa shape index (κ1) is 8.90. The molecule has 3 rings (SSSR count). The molecule has 0 aromatic heterocycles. The predicted molar refractivity (Wildman–Crippen MR) is 54.9 cm³/mol. The molecule has 3 aliphatic heterocycles. The number of nitrogens with zero attached hydrogens (tertiary/aromatic N) is 2. The van der Waals surface area contributed by atoms with Gasteiger partial charge in [-0.05, 0) is 18.6 Å². The maximum atomic E-state index is 11.5. The van der Waals surface area contributed by atoms with Gasteiger partial charge in [0.25, 0.3) is 5.91 Å². The monoisotopic (exact) mass is 226 g/mol. The lowest BCUT2D eigenvalue weighted by Crippen LogP contribution is -2.56. The van der Waals surface area contributed by atoms with E-state index in [2.05, 4.69) is 5.32 Å². The van der Waals surface area contributed by atoms with Crippen LogP contribution < -0.4 is 11.1 Å². The van der Waals surface area contributed by atoms with Gasteiger partial charge in [0.15, 0.2) is 5.11 Å². The highest BCUT2D eigenvalue weighted by molar-refractivity contribution is 7.80. The van der Waals surface area contributed by atoms with Crippen LogP contribution in [0.5, 0.6) is 0 Å². The molecule has 7 heteroatoms. The number of nitrogens with two attached hydrogens (primary N) is 1. The summed E-state index contributed by atoms with van der Waals surface area (Å²) in [4.78, 5) is 26.5. The summed E-state index contributed by atoms with van der Waals surface area (Å²) in [5.74, 6) is -0.228. The van der Waals surface area contributed by atoms with Gasteiger partial charge in [-0.1, -0.05) is 0 Å². The molecule has 0 aromatic carbocycles. The smallest absolute Gasteiger partial charge is 0.325 e. The Morgan fingerprint density at radius 3 is 2.93 bits per heavy atom. The van der Waals surface area contributed by atoms with Crippen LogP contribution in [0, 0.1) is 0 Å². The fraction of sp³-hybridized carbons (Fsp3) is 0.625. The summed E-state index contributed by atoms with van der Waals surface area (Å²) in [7, 11) is 0. The highest BCUT2D eigenvalue weighted by Gasteiger charge is 2.59. The minimum Gasteiger partial charge on any atom is -0.376 e. The van der Waals surface area contributed by atoms with Crippen molar-refractivity contribution in [2.24, 2.45) is 5.73 Å². The summed E-state index contributed by atoms with van der Waals surface area (Å²) in [6.07, 6.45) is 0.793. The largest absolute Gasteiger partial charge is 0.376 e. The van der Waals surface area contributed by atoms with Gasteiger partial charge in [-0.15, -0.1) is 0 Å². The first-order valence-corrected chi connectivity index (χ1v) is 5.19. The van der Waals surface area contributed by atoms with Crippen molar-refractivity contribution >= 4 is 29.3 Å². The Morgan fingerprint density at radius 1 is 1.53 bits per heavy atom. The molecule has 2 bridgehead atoms. The van der Waals surface area contributed by atoms with Crippen LogP contribution in [0.4, 0.5) is 4.79 Å². The molecule has 3 saturated heterocycles. The number of carbonyl (C=O) groups is 2. The maximum absolute atomic E-state index is 11.5. The number of hydrogen-bond acceptors (Lipinski definition) is 3. The van der Waals surface area contributed by atoms with Crippen molar-refractivity contribution in [3.05, 3.63) is 0 Å². The molecule has 3 unspecified atom stereocenters. The van der Waals surface area contributed by atoms with E-state index in [9.17, 15) is 9.59 Å². The molecule has 80 valence electrons. The van der Waals surface area contributed by atoms with Crippen molar-refractivity contribution in [2.45, 2.75) is 24.5 Å². The van der Waals surface area contributed by atoms with Gasteiger partial charge in [0.2, 0.25) is 0 Å². The molecule has 3 fully saturated rings. The number of likely N-dealkylation sites (tertiary alicyclic amines) is 1. The minimum atomic E-state index is -0.391. The van der Waals surface area contributed by atoms with Crippen LogP contribution in [0.25, 0.3) is 0 Å². The SMILES string of the molecule is NC(=S)N1CC2CC1C1C(=O)NC(=O)N21. The Kier molecular flexibility index (Phi) is 1.54. The Bertz CT molecular complexity index is 385. The quantitative estimate of drug-likeness (QED) is 0.392. The average Bonchev–Trinajstić information content (AvgIpc) is 2.77. The third-order valence-electron chi connectivity index (χ3n) is 3.40. The molecule has 15 heavy (non-hydrogen) atoms. The van der Waals surface area contributed by atoms with Gasteiger partial charge in [0.05, 0.1) is 12.1 Å². The molecule has 6 nitrogen and oxygen atoms in total. The summed E-state index contributed by atoms with van der Waals surface area (Å²) < 4.78 is 0. The van der Waals surface area contributed by atoms with E-state index < -0.39 is 6.04 Å². The first-order chi connectivity index (χ1) is 7.09. The van der Waals surface area contributed by atoms with Gasteiger partial charge in [-0.3, -0.25) is 10.1 Å². The molecule has 0 saturated carbocycles. The summed E-state index contributed by atoms with van der Waals surface area (Å²) >= 11 is 4.92. The molecular formula is C8H10N4O2S. The Labute approximate surface area is 91.4 Å². The van der Waals surface area contributed by atoms with E-state index in [0.717, 1.165) is 6.42 Å². The number of imide groups is 1. The second-order valence-corrected chi connectivity index (χ2v) is 4.51. The van der Waals surface area contributed by atoms with Gasteiger partial charge in [-0.2, -0.15) is 0 Å². The van der Waals surface area contributed by atoms with Crippen molar-refractivity contribution in [2.75, 3.05) is 6.54 Å². The Balaban J connectivity index is 1.95. The van der Waals surface area contributed by atoms with Crippen molar-refractivity contribution in [3.63, 3.8) is 0 Å². The number of urea groups is 1. The number of nitrogens with one attached hydrogen (secondary N) is 1. The highest BCUT2D eigenvalue weighted by atomic mass is 32.1. The zero-order chi connectivity index (χ0) is 10.7. The standard InChI is InChI=1S/C8H10N4O2S/c9-7(15)11-2-3-1-4(11)5-6(13)10-8(14)12(3)5/h3-5H,1-2H2,(H2,9,15)(H,10,13,14). The van der Waals surface area contributed by atoms with Crippen molar-refractivity contribution < 1.29 is 9.59 Å². The molecular weight excluding hydrogens is 216 g/mol. The number of carbonyl (C=O) groups excluding carboxylic acids is 2. The number of thiocarbonyl (C=S) groups is 1. The predicted octanol–water partition coefficient (Wildman–Crippen LogP) is -1.39. The molecule has 3 atom stereocenters. The van der Waals surface area contributed by atoms with Gasteiger partial charge < -0.3 is 15.5 Å². The molecule has 0 radical (unpaired) electrons. The third kappa shape index (κ3) is 0.956. The van der Waals surface area contributed by atoms with E-state index in [1.165, 1.54) is 0 Å². The lowest BCUT2D eigenvalue weighted by Gasteiger charge is -2.35. The van der Waals surface area contributed by atoms with Gasteiger partial charge in [0, 0.05) is 6.54 Å². The normalized spacial score (nSPS) is 37.2. The number of amides is 3. The molecule has 3 N–H and O–H groups in total. The summed E-state index contributed by atoms with van der Waals surface area (Å²) in [6, 6.07) is -0.621. The average molecular weight is 226 g/mol. The summed E-state index contributed by atoms with van der Waals surface area (Å²) in [5, 5.41) is 2.63. The third-order valence-corrected chi connectivity index (χ3v) is 3.63. The molecule has 0 spiro atoms. The molecule has 3 heterocycles. The van der Waals surface area contributed by atoms with E-state index in [0.29, 0.717) is 11.7 Å². The van der Waals surface area contributed by atoms with Gasteiger partial charge >= 0.3 is 6.03 Å². The fourth-order valence-electron chi connectivity index (χ4n) is 2.85. The van der Waals surface area contributed by atoms with E-state index >= 15 is 0 Å². The highest BCUT2D eigenvalue weighted by Crippen LogP contribution is 2.37. The van der Waals surface area contributed by atoms with Crippen molar-refractivity contribution in [3.8, 4) is 0 Å². The topological polar surface area (TPSA) is 78.7 Å². The lowest BCUT2D eigenvalue weighted by molar-refractivity contribution is -0.122. The van der Waals surface area contributed by atoms with Crippen LogP contribution in [-0.4, -0.2) is 51.5 Å². The maximum Gasteiger partial charge on any atom is 0.325 e. The van der Waals surface area contributed by atoms with Crippen LogP contribution in [0.15, 0.2) is 0 Å².